The van der Waals surface area contributed by atoms with Crippen LogP contribution in [-0.2, 0) is 0 Å². The van der Waals surface area contributed by atoms with Crippen LogP contribution in [0.2, 0.25) is 0 Å². The Labute approximate surface area is 397 Å². The van der Waals surface area contributed by atoms with Crippen LogP contribution >= 0.6 is 0 Å². The number of hydrogen-bond donors (Lipinski definition) is 0. The van der Waals surface area contributed by atoms with Gasteiger partial charge >= 0.3 is 0 Å². The zero-order valence-electron chi connectivity index (χ0n) is 37.0. The maximum atomic E-state index is 6.90. The Morgan fingerprint density at radius 1 is 0.348 bits per heavy atom. The van der Waals surface area contributed by atoms with Crippen LogP contribution in [0.4, 0.5) is 0 Å². The van der Waals surface area contributed by atoms with Crippen molar-refractivity contribution in [2.24, 2.45) is 0 Å². The van der Waals surface area contributed by atoms with E-state index in [1.165, 1.54) is 0 Å². The van der Waals surface area contributed by atoms with E-state index in [1.807, 2.05) is 140 Å². The summed E-state index contributed by atoms with van der Waals surface area (Å²) in [6.45, 7) is 0. The molecule has 0 amide bonds. The molecule has 0 saturated carbocycles. The molecule has 11 aromatic rings. The largest absolute Gasteiger partial charge is 0.478 e. The van der Waals surface area contributed by atoms with Crippen molar-refractivity contribution in [3.63, 3.8) is 0 Å². The molecule has 0 radical (unpaired) electrons. The van der Waals surface area contributed by atoms with E-state index in [0.29, 0.717) is 34.5 Å². The normalized spacial score (nSPS) is 14.8. The molecule has 8 heteroatoms. The fourth-order valence-electron chi connectivity index (χ4n) is 9.36. The maximum Gasteiger partial charge on any atom is 0.174 e. The van der Waals surface area contributed by atoms with E-state index in [1.54, 1.807) is 0 Å². The van der Waals surface area contributed by atoms with Gasteiger partial charge in [0.2, 0.25) is 0 Å². The van der Waals surface area contributed by atoms with Gasteiger partial charge in [-0.1, -0.05) is 133 Å². The summed E-state index contributed by atoms with van der Waals surface area (Å²) >= 11 is 0. The molecule has 13 rings (SSSR count). The van der Waals surface area contributed by atoms with Crippen molar-refractivity contribution in [2.75, 3.05) is 0 Å². The van der Waals surface area contributed by atoms with Gasteiger partial charge in [-0.15, -0.1) is 0 Å². The first-order chi connectivity index (χ1) is 34.2. The summed E-state index contributed by atoms with van der Waals surface area (Å²) in [5.74, 6) is 2.69. The van der Waals surface area contributed by atoms with E-state index in [-0.39, 0.29) is 12.2 Å². The number of furan rings is 1. The van der Waals surface area contributed by atoms with Gasteiger partial charge in [-0.25, -0.2) is 15.0 Å². The maximum absolute atomic E-state index is 6.90. The molecule has 1 aliphatic carbocycles. The van der Waals surface area contributed by atoms with Crippen molar-refractivity contribution < 1.29 is 13.9 Å². The van der Waals surface area contributed by atoms with Crippen LogP contribution in [0.1, 0.15) is 0 Å². The highest BCUT2D eigenvalue weighted by Crippen LogP contribution is 2.49. The van der Waals surface area contributed by atoms with Crippen LogP contribution in [0, 0.1) is 0 Å². The predicted octanol–water partition coefficient (Wildman–Crippen LogP) is 14.5. The molecule has 2 atom stereocenters. The summed E-state index contributed by atoms with van der Waals surface area (Å²) in [5.41, 5.74) is 14.0. The van der Waals surface area contributed by atoms with Gasteiger partial charge in [-0.2, -0.15) is 0 Å². The number of fused-ring (bicyclic) bond motifs is 5. The monoisotopic (exact) mass is 889 g/mol. The summed E-state index contributed by atoms with van der Waals surface area (Å²) in [6, 6.07) is 64.1. The van der Waals surface area contributed by atoms with Gasteiger partial charge in [-0.05, 0) is 107 Å². The number of para-hydroxylation sites is 2. The third-order valence-electron chi connectivity index (χ3n) is 12.8. The van der Waals surface area contributed by atoms with Gasteiger partial charge in [0, 0.05) is 45.4 Å². The van der Waals surface area contributed by atoms with Crippen LogP contribution in [0.5, 0.6) is 11.5 Å². The molecular formula is C61H39N5O3. The van der Waals surface area contributed by atoms with Gasteiger partial charge in [0.15, 0.2) is 41.2 Å². The molecule has 0 N–H and O–H groups in total. The zero-order chi connectivity index (χ0) is 45.7. The van der Waals surface area contributed by atoms with Gasteiger partial charge in [0.1, 0.15) is 11.2 Å². The number of pyridine rings is 2. The lowest BCUT2D eigenvalue weighted by atomic mass is 9.94. The number of benzene rings is 7. The molecule has 4 aromatic heterocycles. The molecule has 0 saturated heterocycles. The second-order valence-corrected chi connectivity index (χ2v) is 17.1. The Kier molecular flexibility index (Phi) is 9.79. The number of aromatic nitrogens is 5. The summed E-state index contributed by atoms with van der Waals surface area (Å²) < 4.78 is 20.3. The first kappa shape index (κ1) is 40.0. The lowest BCUT2D eigenvalue weighted by Crippen LogP contribution is -2.38. The first-order valence-corrected chi connectivity index (χ1v) is 22.9. The lowest BCUT2D eigenvalue weighted by molar-refractivity contribution is 0.0769. The van der Waals surface area contributed by atoms with Gasteiger partial charge < -0.3 is 13.9 Å². The molecule has 2 unspecified atom stereocenters. The van der Waals surface area contributed by atoms with E-state index < -0.39 is 0 Å². The average molecular weight is 890 g/mol. The van der Waals surface area contributed by atoms with Crippen LogP contribution in [0.15, 0.2) is 229 Å². The molecule has 0 bridgehead atoms. The summed E-state index contributed by atoms with van der Waals surface area (Å²) in [4.78, 5) is 24.7. The lowest BCUT2D eigenvalue weighted by Gasteiger charge is -2.34. The van der Waals surface area contributed by atoms with Crippen LogP contribution < -0.4 is 9.47 Å². The standard InChI is InChI=1S/C61H39N5O3/c1-2-13-42(14-3-1)59-64-60(49-17-12-16-48-47-15-4-5-20-53(47)67-56(48)49)66-61(65-59)50-32-31-46(57-58(50)69-55-22-7-6-21-54(55)68-57)41-29-27-39(28-30-41)38-23-25-40(26-24-38)43-35-44(51-18-8-10-33-62-51)37-45(36-43)52-19-9-11-34-63-52/h1-37,54-55H. The van der Waals surface area contributed by atoms with Crippen molar-refractivity contribution in [3.8, 4) is 102 Å². The van der Waals surface area contributed by atoms with Crippen molar-refractivity contribution in [1.29, 1.82) is 0 Å². The van der Waals surface area contributed by atoms with E-state index >= 15 is 0 Å². The second kappa shape index (κ2) is 16.9. The Hall–Kier alpha value is -9.27. The number of hydrogen-bond acceptors (Lipinski definition) is 8. The number of allylic oxidation sites excluding steroid dienone is 2. The Morgan fingerprint density at radius 3 is 1.52 bits per heavy atom. The molecule has 1 aliphatic heterocycles. The number of rotatable bonds is 8. The predicted molar refractivity (Wildman–Crippen MR) is 273 cm³/mol. The molecule has 8 nitrogen and oxygen atoms in total. The number of nitrogens with zero attached hydrogens (tertiary/aromatic N) is 5. The van der Waals surface area contributed by atoms with E-state index in [2.05, 4.69) is 94.9 Å². The molecule has 326 valence electrons. The summed E-state index contributed by atoms with van der Waals surface area (Å²) in [6.07, 6.45) is 11.1. The van der Waals surface area contributed by atoms with Crippen LogP contribution in [0.25, 0.3) is 112 Å². The third-order valence-corrected chi connectivity index (χ3v) is 12.8. The Bertz CT molecular complexity index is 3720. The fraction of sp³-hybridized carbons (Fsp3) is 0.0328. The number of ether oxygens (including phenoxy) is 2. The molecule has 69 heavy (non-hydrogen) atoms. The highest BCUT2D eigenvalue weighted by Gasteiger charge is 2.34. The third kappa shape index (κ3) is 7.41. The molecule has 0 fully saturated rings. The molecular weight excluding hydrogens is 851 g/mol. The quantitative estimate of drug-likeness (QED) is 0.149. The van der Waals surface area contributed by atoms with Crippen molar-refractivity contribution in [2.45, 2.75) is 12.2 Å². The topological polar surface area (TPSA) is 96.1 Å². The van der Waals surface area contributed by atoms with E-state index in [9.17, 15) is 0 Å². The molecule has 7 aromatic carbocycles. The van der Waals surface area contributed by atoms with Crippen LogP contribution in [-0.4, -0.2) is 37.1 Å². The molecule has 2 aliphatic rings. The van der Waals surface area contributed by atoms with Gasteiger partial charge in [0.25, 0.3) is 0 Å². The average Bonchev–Trinajstić information content (AvgIpc) is 3.82. The van der Waals surface area contributed by atoms with Crippen LogP contribution in [0.3, 0.4) is 0 Å². The van der Waals surface area contributed by atoms with E-state index in [4.69, 9.17) is 28.8 Å². The highest BCUT2D eigenvalue weighted by molar-refractivity contribution is 6.09. The van der Waals surface area contributed by atoms with Crippen molar-refractivity contribution >= 4 is 21.9 Å². The Morgan fingerprint density at radius 2 is 0.870 bits per heavy atom. The summed E-state index contributed by atoms with van der Waals surface area (Å²) in [5, 5.41) is 2.03. The van der Waals surface area contributed by atoms with Gasteiger partial charge in [-0.3, -0.25) is 9.97 Å². The van der Waals surface area contributed by atoms with Gasteiger partial charge in [0.05, 0.1) is 22.5 Å². The van der Waals surface area contributed by atoms with Crippen molar-refractivity contribution in [3.05, 3.63) is 225 Å². The fourth-order valence-corrected chi connectivity index (χ4v) is 9.36. The zero-order valence-corrected chi connectivity index (χ0v) is 37.0. The second-order valence-electron chi connectivity index (χ2n) is 17.1. The minimum atomic E-state index is -0.333. The Balaban J connectivity index is 0.873. The minimum Gasteiger partial charge on any atom is -0.478 e. The SMILES string of the molecule is C1=CC2Oc3c(-c4ccc(-c5ccc(-c6cc(-c7ccccn7)cc(-c7ccccn7)c6)cc5)cc4)ccc(-c4nc(-c5ccccc5)nc(-c5cccc6c5oc5ccccc56)n4)c3OC2C=C1. The first-order valence-electron chi connectivity index (χ1n) is 22.9. The van der Waals surface area contributed by atoms with E-state index in [0.717, 1.165) is 89.0 Å². The summed E-state index contributed by atoms with van der Waals surface area (Å²) in [7, 11) is 0. The van der Waals surface area contributed by atoms with Crippen molar-refractivity contribution in [1.82, 2.24) is 24.9 Å². The highest BCUT2D eigenvalue weighted by atomic mass is 16.6. The smallest absolute Gasteiger partial charge is 0.174 e. The molecule has 5 heterocycles. The minimum absolute atomic E-state index is 0.307. The molecule has 0 spiro atoms.